The first kappa shape index (κ1) is 26.9. The van der Waals surface area contributed by atoms with Crippen molar-refractivity contribution in [2.45, 2.75) is 58.9 Å². The average molecular weight is 512 g/mol. The first-order chi connectivity index (χ1) is 18.4. The fraction of sp³-hybridized carbons (Fsp3) is 0.323. The lowest BCUT2D eigenvalue weighted by Crippen LogP contribution is -2.15. The maximum absolute atomic E-state index is 12.4. The van der Waals surface area contributed by atoms with E-state index in [0.717, 1.165) is 53.9 Å². The molecule has 0 radical (unpaired) electrons. The summed E-state index contributed by atoms with van der Waals surface area (Å²) < 4.78 is 2.23. The third kappa shape index (κ3) is 6.40. The van der Waals surface area contributed by atoms with E-state index in [1.807, 2.05) is 55.5 Å². The number of aryl methyl sites for hydroxylation is 1. The Morgan fingerprint density at radius 1 is 1.13 bits per heavy atom. The van der Waals surface area contributed by atoms with E-state index in [0.29, 0.717) is 30.7 Å². The van der Waals surface area contributed by atoms with E-state index in [1.54, 1.807) is 12.1 Å². The minimum absolute atomic E-state index is 0.0240. The van der Waals surface area contributed by atoms with Crippen molar-refractivity contribution in [1.82, 2.24) is 9.55 Å². The summed E-state index contributed by atoms with van der Waals surface area (Å²) in [7, 11) is 0. The number of hydrogen-bond donors (Lipinski definition) is 1. The molecule has 0 saturated heterocycles. The molecule has 0 aliphatic heterocycles. The number of aromatic nitrogens is 2. The minimum Gasteiger partial charge on any atom is -0.478 e. The zero-order valence-electron chi connectivity index (χ0n) is 21.9. The number of allylic oxidation sites excluding steroid dienone is 1. The number of aromatic carboxylic acids is 1. The predicted octanol–water partition coefficient (Wildman–Crippen LogP) is 5.79. The van der Waals surface area contributed by atoms with E-state index in [2.05, 4.69) is 16.5 Å². The Kier molecular flexibility index (Phi) is 8.79. The molecule has 1 amide bonds. The minimum atomic E-state index is -0.947. The van der Waals surface area contributed by atoms with Crippen LogP contribution >= 0.6 is 0 Å². The van der Waals surface area contributed by atoms with Crippen LogP contribution in [0.4, 0.5) is 0 Å². The van der Waals surface area contributed by atoms with E-state index >= 15 is 0 Å². The molecule has 4 rings (SSSR count). The molecule has 196 valence electrons. The third-order valence-corrected chi connectivity index (χ3v) is 6.77. The van der Waals surface area contributed by atoms with E-state index in [1.165, 1.54) is 0 Å². The van der Waals surface area contributed by atoms with Crippen molar-refractivity contribution in [2.24, 2.45) is 10.9 Å². The van der Waals surface area contributed by atoms with Crippen molar-refractivity contribution in [3.8, 4) is 11.1 Å². The van der Waals surface area contributed by atoms with E-state index in [9.17, 15) is 19.5 Å². The van der Waals surface area contributed by atoms with Crippen molar-refractivity contribution >= 4 is 30.0 Å². The summed E-state index contributed by atoms with van der Waals surface area (Å²) in [4.78, 5) is 44.1. The number of imidazole rings is 1. The summed E-state index contributed by atoms with van der Waals surface area (Å²) in [6, 6.07) is 15.0. The van der Waals surface area contributed by atoms with Gasteiger partial charge in [-0.05, 0) is 47.2 Å². The van der Waals surface area contributed by atoms with E-state index < -0.39 is 5.97 Å². The molecule has 1 aliphatic rings. The van der Waals surface area contributed by atoms with Crippen molar-refractivity contribution in [3.05, 3.63) is 82.9 Å². The molecule has 1 atom stereocenters. The molecule has 0 fully saturated rings. The Balaban J connectivity index is 1.59. The molecule has 2 aromatic carbocycles. The summed E-state index contributed by atoms with van der Waals surface area (Å²) in [5.41, 5.74) is 5.53. The molecule has 3 aromatic rings. The highest BCUT2D eigenvalue weighted by Gasteiger charge is 2.21. The van der Waals surface area contributed by atoms with Gasteiger partial charge in [-0.1, -0.05) is 62.7 Å². The van der Waals surface area contributed by atoms with Crippen LogP contribution in [0.3, 0.4) is 0 Å². The van der Waals surface area contributed by atoms with Crippen LogP contribution in [0, 0.1) is 5.92 Å². The maximum atomic E-state index is 12.4. The standard InChI is InChI=1S/C31H33N3O4/c1-3-4-9-29-33-27-15-14-24(32-30(36)18-21(2)16-17-35)19-28(27)34(29)20-22-10-12-23(13-11-22)25-7-5-6-8-26(25)31(37)38/h5-8,10-15,17,21H,3-4,9,16,18-20H2,1-2H3,(H,37,38). The van der Waals surface area contributed by atoms with Crippen LogP contribution in [0.5, 0.6) is 0 Å². The summed E-state index contributed by atoms with van der Waals surface area (Å²) in [6.07, 6.45) is 8.69. The summed E-state index contributed by atoms with van der Waals surface area (Å²) >= 11 is 0. The molecular formula is C31H33N3O4. The maximum Gasteiger partial charge on any atom is 0.336 e. The van der Waals surface area contributed by atoms with Gasteiger partial charge in [0.2, 0.25) is 5.91 Å². The van der Waals surface area contributed by atoms with Crippen LogP contribution in [0.2, 0.25) is 0 Å². The molecule has 0 saturated carbocycles. The van der Waals surface area contributed by atoms with Crippen molar-refractivity contribution in [2.75, 3.05) is 0 Å². The Bertz CT molecular complexity index is 1380. The van der Waals surface area contributed by atoms with Gasteiger partial charge < -0.3 is 14.5 Å². The molecule has 38 heavy (non-hydrogen) atoms. The number of rotatable bonds is 11. The van der Waals surface area contributed by atoms with Gasteiger partial charge in [0.15, 0.2) is 0 Å². The van der Waals surface area contributed by atoms with Gasteiger partial charge >= 0.3 is 5.97 Å². The first-order valence-corrected chi connectivity index (χ1v) is 13.1. The highest BCUT2D eigenvalue weighted by molar-refractivity contribution is 6.07. The number of carbonyl (C=O) groups excluding carboxylic acids is 2. The fourth-order valence-corrected chi connectivity index (χ4v) is 4.72. The Morgan fingerprint density at radius 3 is 2.61 bits per heavy atom. The molecular weight excluding hydrogens is 478 g/mol. The third-order valence-electron chi connectivity index (χ3n) is 6.77. The number of aliphatic imine (C=N–C) groups is 1. The second kappa shape index (κ2) is 12.4. The Labute approximate surface area is 223 Å². The molecule has 7 nitrogen and oxygen atoms in total. The molecule has 1 heterocycles. The number of amides is 1. The topological polar surface area (TPSA) is 102 Å². The first-order valence-electron chi connectivity index (χ1n) is 13.1. The van der Waals surface area contributed by atoms with Gasteiger partial charge in [-0.3, -0.25) is 4.79 Å². The van der Waals surface area contributed by atoms with Gasteiger partial charge in [0.05, 0.1) is 22.7 Å². The summed E-state index contributed by atoms with van der Waals surface area (Å²) in [6.45, 7) is 4.65. The van der Waals surface area contributed by atoms with Crippen LogP contribution in [-0.2, 0) is 29.0 Å². The van der Waals surface area contributed by atoms with Gasteiger partial charge in [0, 0.05) is 32.2 Å². The van der Waals surface area contributed by atoms with Crippen molar-refractivity contribution < 1.29 is 19.5 Å². The lowest BCUT2D eigenvalue weighted by molar-refractivity contribution is -0.118. The predicted molar refractivity (Wildman–Crippen MR) is 148 cm³/mol. The molecule has 0 spiro atoms. The number of fused-ring (bicyclic) bond motifs is 1. The van der Waals surface area contributed by atoms with Crippen LogP contribution in [0.1, 0.15) is 72.7 Å². The molecule has 0 bridgehead atoms. The van der Waals surface area contributed by atoms with Crippen molar-refractivity contribution in [3.63, 3.8) is 0 Å². The van der Waals surface area contributed by atoms with E-state index in [-0.39, 0.29) is 23.8 Å². The Hall–Kier alpha value is -4.13. The quantitative estimate of drug-likeness (QED) is 0.328. The van der Waals surface area contributed by atoms with E-state index in [4.69, 9.17) is 4.98 Å². The number of carboxylic acids is 1. The SMILES string of the molecule is CCCCc1nc2c(n1Cc1ccc(-c3ccccc3C(=O)O)cc1)CC(=NC(=O)CC(C)CC=O)C=C2. The lowest BCUT2D eigenvalue weighted by Gasteiger charge is -2.15. The molecule has 1 aliphatic carbocycles. The fourth-order valence-electron chi connectivity index (χ4n) is 4.72. The lowest BCUT2D eigenvalue weighted by atomic mass is 9.98. The summed E-state index contributed by atoms with van der Waals surface area (Å²) in [5.74, 6) is -0.174. The monoisotopic (exact) mass is 511 g/mol. The number of benzene rings is 2. The number of carbonyl (C=O) groups is 3. The molecule has 7 heteroatoms. The largest absolute Gasteiger partial charge is 0.478 e. The molecule has 1 unspecified atom stereocenters. The zero-order valence-corrected chi connectivity index (χ0v) is 21.9. The number of aldehydes is 1. The van der Waals surface area contributed by atoms with Crippen LogP contribution < -0.4 is 0 Å². The summed E-state index contributed by atoms with van der Waals surface area (Å²) in [5, 5.41) is 9.55. The van der Waals surface area contributed by atoms with Crippen LogP contribution in [-0.4, -0.2) is 38.5 Å². The smallest absolute Gasteiger partial charge is 0.336 e. The van der Waals surface area contributed by atoms with Gasteiger partial charge in [-0.15, -0.1) is 0 Å². The molecule has 1 N–H and O–H groups in total. The second-order valence-corrected chi connectivity index (χ2v) is 9.82. The number of nitrogens with zero attached hydrogens (tertiary/aromatic N) is 3. The number of hydrogen-bond acceptors (Lipinski definition) is 4. The van der Waals surface area contributed by atoms with Crippen molar-refractivity contribution in [1.29, 1.82) is 0 Å². The molecule has 1 aromatic heterocycles. The van der Waals surface area contributed by atoms with Gasteiger partial charge in [-0.2, -0.15) is 0 Å². The number of unbranched alkanes of at least 4 members (excludes halogenated alkanes) is 1. The van der Waals surface area contributed by atoms with Crippen LogP contribution in [0.25, 0.3) is 17.2 Å². The normalized spacial score (nSPS) is 14.3. The van der Waals surface area contributed by atoms with Gasteiger partial charge in [0.25, 0.3) is 0 Å². The van der Waals surface area contributed by atoms with Crippen LogP contribution in [0.15, 0.2) is 59.6 Å². The van der Waals surface area contributed by atoms with Gasteiger partial charge in [0.1, 0.15) is 12.1 Å². The highest BCUT2D eigenvalue weighted by atomic mass is 16.4. The highest BCUT2D eigenvalue weighted by Crippen LogP contribution is 2.26. The second-order valence-electron chi connectivity index (χ2n) is 9.82. The van der Waals surface area contributed by atoms with Gasteiger partial charge in [-0.25, -0.2) is 14.8 Å². The number of carboxylic acid groups (broad SMARTS) is 1. The zero-order chi connectivity index (χ0) is 27.1. The average Bonchev–Trinajstić information content (AvgIpc) is 3.24. The Morgan fingerprint density at radius 2 is 1.89 bits per heavy atom.